The second-order valence-corrected chi connectivity index (χ2v) is 4.12. The lowest BCUT2D eigenvalue weighted by Crippen LogP contribution is -1.83. The zero-order valence-corrected chi connectivity index (χ0v) is 11.2. The highest BCUT2D eigenvalue weighted by atomic mass is 32.2. The number of rotatable bonds is 1. The number of benzene rings is 1. The lowest BCUT2D eigenvalue weighted by atomic mass is 10.2. The van der Waals surface area contributed by atoms with Gasteiger partial charge in [-0.05, 0) is 24.1 Å². The summed E-state index contributed by atoms with van der Waals surface area (Å²) in [5.74, 6) is 0. The van der Waals surface area contributed by atoms with E-state index < -0.39 is 0 Å². The van der Waals surface area contributed by atoms with Crippen LogP contribution < -0.4 is 0 Å². The number of aromatic nitrogens is 2. The smallest absolute Gasteiger partial charge is 0.0787 e. The molecular formula is C14H16N2S. The Morgan fingerprint density at radius 3 is 2.47 bits per heavy atom. The Balaban J connectivity index is 0.000000514. The van der Waals surface area contributed by atoms with Crippen LogP contribution in [0, 0.1) is 0 Å². The van der Waals surface area contributed by atoms with E-state index in [-0.39, 0.29) is 0 Å². The first-order valence-corrected chi connectivity index (χ1v) is 6.97. The quantitative estimate of drug-likeness (QED) is 0.633. The van der Waals surface area contributed by atoms with Gasteiger partial charge in [0.15, 0.2) is 0 Å². The Kier molecular flexibility index (Phi) is 3.69. The molecule has 0 aliphatic rings. The van der Waals surface area contributed by atoms with E-state index in [1.54, 1.807) is 11.9 Å². The summed E-state index contributed by atoms with van der Waals surface area (Å²) in [4.78, 5) is 4.18. The molecule has 3 rings (SSSR count). The SMILES string of the molecule is CC.CSn1c2ccccc2c2ccncc21. The van der Waals surface area contributed by atoms with Crippen LogP contribution in [0.2, 0.25) is 0 Å². The van der Waals surface area contributed by atoms with Crippen LogP contribution in [-0.4, -0.2) is 15.2 Å². The van der Waals surface area contributed by atoms with Gasteiger partial charge < -0.3 is 0 Å². The van der Waals surface area contributed by atoms with Crippen LogP contribution in [0.15, 0.2) is 42.7 Å². The van der Waals surface area contributed by atoms with E-state index in [1.165, 1.54) is 21.8 Å². The predicted octanol–water partition coefficient (Wildman–Crippen LogP) is 4.34. The summed E-state index contributed by atoms with van der Waals surface area (Å²) < 4.78 is 2.22. The number of para-hydroxylation sites is 1. The zero-order valence-electron chi connectivity index (χ0n) is 10.3. The van der Waals surface area contributed by atoms with Gasteiger partial charge in [0.05, 0.1) is 17.2 Å². The predicted molar refractivity (Wildman–Crippen MR) is 77.5 cm³/mol. The van der Waals surface area contributed by atoms with Gasteiger partial charge >= 0.3 is 0 Å². The van der Waals surface area contributed by atoms with Crippen molar-refractivity contribution in [1.29, 1.82) is 0 Å². The molecule has 2 nitrogen and oxygen atoms in total. The van der Waals surface area contributed by atoms with E-state index >= 15 is 0 Å². The molecule has 3 aromatic rings. The second-order valence-electron chi connectivity index (χ2n) is 3.39. The molecule has 2 heterocycles. The van der Waals surface area contributed by atoms with Crippen molar-refractivity contribution in [2.24, 2.45) is 0 Å². The maximum absolute atomic E-state index is 4.18. The number of pyridine rings is 1. The van der Waals surface area contributed by atoms with Gasteiger partial charge in [0.25, 0.3) is 0 Å². The van der Waals surface area contributed by atoms with Gasteiger partial charge in [0, 0.05) is 23.2 Å². The van der Waals surface area contributed by atoms with E-state index in [9.17, 15) is 0 Å². The molecule has 3 heteroatoms. The molecule has 0 fully saturated rings. The van der Waals surface area contributed by atoms with Crippen LogP contribution in [0.5, 0.6) is 0 Å². The highest BCUT2D eigenvalue weighted by Crippen LogP contribution is 2.30. The van der Waals surface area contributed by atoms with Crippen molar-refractivity contribution in [3.8, 4) is 0 Å². The lowest BCUT2D eigenvalue weighted by molar-refractivity contribution is 1.32. The van der Waals surface area contributed by atoms with Crippen LogP contribution in [-0.2, 0) is 0 Å². The molecule has 0 aliphatic heterocycles. The van der Waals surface area contributed by atoms with E-state index in [4.69, 9.17) is 0 Å². The minimum Gasteiger partial charge on any atom is -0.282 e. The minimum absolute atomic E-state index is 1.19. The van der Waals surface area contributed by atoms with Gasteiger partial charge in [-0.15, -0.1) is 0 Å². The summed E-state index contributed by atoms with van der Waals surface area (Å²) in [5.41, 5.74) is 2.44. The molecule has 0 N–H and O–H groups in total. The summed E-state index contributed by atoms with van der Waals surface area (Å²) in [6, 6.07) is 10.5. The average Bonchev–Trinajstić information content (AvgIpc) is 2.75. The Bertz CT molecular complexity index is 575. The van der Waals surface area contributed by atoms with Gasteiger partial charge in [0.2, 0.25) is 0 Å². The maximum atomic E-state index is 4.18. The summed E-state index contributed by atoms with van der Waals surface area (Å²) in [6.07, 6.45) is 5.85. The third-order valence-corrected chi connectivity index (χ3v) is 3.37. The molecule has 17 heavy (non-hydrogen) atoms. The van der Waals surface area contributed by atoms with Crippen molar-refractivity contribution in [2.75, 3.05) is 6.26 Å². The maximum Gasteiger partial charge on any atom is 0.0787 e. The first kappa shape index (κ1) is 12.0. The highest BCUT2D eigenvalue weighted by molar-refractivity contribution is 7.97. The highest BCUT2D eigenvalue weighted by Gasteiger charge is 2.08. The zero-order chi connectivity index (χ0) is 12.3. The van der Waals surface area contributed by atoms with Crippen LogP contribution in [0.4, 0.5) is 0 Å². The first-order chi connectivity index (χ1) is 8.42. The second kappa shape index (κ2) is 5.23. The summed E-state index contributed by atoms with van der Waals surface area (Å²) in [5, 5.41) is 2.57. The Morgan fingerprint density at radius 2 is 1.71 bits per heavy atom. The van der Waals surface area contributed by atoms with Crippen molar-refractivity contribution < 1.29 is 0 Å². The minimum atomic E-state index is 1.19. The van der Waals surface area contributed by atoms with E-state index in [2.05, 4.69) is 45.5 Å². The molecule has 0 bridgehead atoms. The van der Waals surface area contributed by atoms with Crippen molar-refractivity contribution in [2.45, 2.75) is 13.8 Å². The molecular weight excluding hydrogens is 228 g/mol. The largest absolute Gasteiger partial charge is 0.282 e. The number of hydrogen-bond donors (Lipinski definition) is 0. The number of nitrogens with zero attached hydrogens (tertiary/aromatic N) is 2. The van der Waals surface area contributed by atoms with E-state index in [0.717, 1.165) is 0 Å². The first-order valence-electron chi connectivity index (χ1n) is 5.79. The van der Waals surface area contributed by atoms with E-state index in [1.807, 2.05) is 26.2 Å². The van der Waals surface area contributed by atoms with Crippen LogP contribution in [0.25, 0.3) is 21.8 Å². The molecule has 0 unspecified atom stereocenters. The van der Waals surface area contributed by atoms with Crippen molar-refractivity contribution in [1.82, 2.24) is 8.96 Å². The van der Waals surface area contributed by atoms with E-state index in [0.29, 0.717) is 0 Å². The fraction of sp³-hybridized carbons (Fsp3) is 0.214. The summed E-state index contributed by atoms with van der Waals surface area (Å²) in [7, 11) is 0. The van der Waals surface area contributed by atoms with Gasteiger partial charge in [-0.3, -0.25) is 8.96 Å². The Morgan fingerprint density at radius 1 is 1.00 bits per heavy atom. The lowest BCUT2D eigenvalue weighted by Gasteiger charge is -1.99. The standard InChI is InChI=1S/C12H10N2S.C2H6/c1-15-14-11-5-3-2-4-9(11)10-6-7-13-8-12(10)14;1-2/h2-8H,1H3;1-2H3. The molecule has 0 saturated heterocycles. The molecule has 1 aromatic carbocycles. The van der Waals surface area contributed by atoms with Crippen LogP contribution in [0.1, 0.15) is 13.8 Å². The third-order valence-electron chi connectivity index (χ3n) is 2.61. The molecule has 0 radical (unpaired) electrons. The Labute approximate surface area is 106 Å². The molecule has 0 spiro atoms. The number of fused-ring (bicyclic) bond motifs is 3. The fourth-order valence-corrected chi connectivity index (χ4v) is 2.68. The molecule has 0 aliphatic carbocycles. The van der Waals surface area contributed by atoms with Crippen molar-refractivity contribution in [3.05, 3.63) is 42.7 Å². The van der Waals surface area contributed by atoms with Gasteiger partial charge in [0.1, 0.15) is 0 Å². The molecule has 88 valence electrons. The third kappa shape index (κ3) is 1.91. The van der Waals surface area contributed by atoms with Gasteiger partial charge in [-0.1, -0.05) is 32.0 Å². The fourth-order valence-electron chi connectivity index (χ4n) is 1.98. The summed E-state index contributed by atoms with van der Waals surface area (Å²) in [6.45, 7) is 4.00. The summed E-state index contributed by atoms with van der Waals surface area (Å²) >= 11 is 1.71. The van der Waals surface area contributed by atoms with Gasteiger partial charge in [-0.25, -0.2) is 0 Å². The Hall–Kier alpha value is -1.48. The molecule has 0 saturated carbocycles. The average molecular weight is 244 g/mol. The molecule has 0 amide bonds. The van der Waals surface area contributed by atoms with Crippen molar-refractivity contribution >= 4 is 33.8 Å². The molecule has 0 atom stereocenters. The monoisotopic (exact) mass is 244 g/mol. The van der Waals surface area contributed by atoms with Crippen LogP contribution in [0.3, 0.4) is 0 Å². The van der Waals surface area contributed by atoms with Gasteiger partial charge in [-0.2, -0.15) is 0 Å². The normalized spacial score (nSPS) is 10.3. The number of hydrogen-bond acceptors (Lipinski definition) is 2. The topological polar surface area (TPSA) is 17.8 Å². The van der Waals surface area contributed by atoms with Crippen LogP contribution >= 0.6 is 11.9 Å². The molecule has 2 aromatic heterocycles. The van der Waals surface area contributed by atoms with Crippen molar-refractivity contribution in [3.63, 3.8) is 0 Å².